The lowest BCUT2D eigenvalue weighted by Crippen LogP contribution is -2.38. The molecular weight excluding hydrogens is 481 g/mol. The normalized spacial score (nSPS) is 23.0. The molecule has 0 spiro atoms. The summed E-state index contributed by atoms with van der Waals surface area (Å²) in [7, 11) is 0. The van der Waals surface area contributed by atoms with Crippen molar-refractivity contribution in [3.8, 4) is 0 Å². The number of likely N-dealkylation sites (tertiary alicyclic amines) is 1. The third-order valence-corrected chi connectivity index (χ3v) is 6.28. The lowest BCUT2D eigenvalue weighted by Gasteiger charge is -2.32. The van der Waals surface area contributed by atoms with Gasteiger partial charge < -0.3 is 19.5 Å². The highest BCUT2D eigenvalue weighted by molar-refractivity contribution is 14.1. The predicted octanol–water partition coefficient (Wildman–Crippen LogP) is 4.59. The van der Waals surface area contributed by atoms with E-state index in [-0.39, 0.29) is 18.4 Å². The molecule has 2 aliphatic rings. The highest BCUT2D eigenvalue weighted by atomic mass is 127. The molecule has 0 bridgehead atoms. The van der Waals surface area contributed by atoms with Crippen LogP contribution in [0.4, 0.5) is 0 Å². The van der Waals surface area contributed by atoms with E-state index in [4.69, 9.17) is 14.6 Å². The van der Waals surface area contributed by atoms with E-state index in [0.29, 0.717) is 25.2 Å². The maximum Gasteiger partial charge on any atom is 0.288 e. The molecule has 2 heterocycles. The largest absolute Gasteiger partial charge is 0.459 e. The number of carbonyl (C=O) groups excluding carboxylic acids is 1. The van der Waals surface area contributed by atoms with Gasteiger partial charge >= 0.3 is 0 Å². The summed E-state index contributed by atoms with van der Waals surface area (Å²) in [5.41, 5.74) is 1.18. The Morgan fingerprint density at radius 2 is 1.79 bits per heavy atom. The summed E-state index contributed by atoms with van der Waals surface area (Å²) in [5, 5.41) is 8.97. The van der Waals surface area contributed by atoms with Crippen LogP contribution in [-0.2, 0) is 14.3 Å². The molecule has 1 aromatic carbocycles. The van der Waals surface area contributed by atoms with E-state index < -0.39 is 6.29 Å². The van der Waals surface area contributed by atoms with Gasteiger partial charge in [0.15, 0.2) is 5.76 Å². The first-order valence-electron chi connectivity index (χ1n) is 10.8. The number of amides is 1. The molecular formula is C23H32INO4. The fourth-order valence-electron chi connectivity index (χ4n) is 3.89. The second-order valence-electron chi connectivity index (χ2n) is 7.83. The SMILES string of the molecule is O=C(C1=C[C@H](c2ccc(I)cc2)C[C@H](OCCCCO)O1)N1CCCCCCC1. The van der Waals surface area contributed by atoms with Gasteiger partial charge in [-0.3, -0.25) is 4.79 Å². The topological polar surface area (TPSA) is 59.0 Å². The second kappa shape index (κ2) is 11.9. The third-order valence-electron chi connectivity index (χ3n) is 5.57. The number of halogens is 1. The molecule has 1 N–H and O–H groups in total. The smallest absolute Gasteiger partial charge is 0.288 e. The maximum absolute atomic E-state index is 13.2. The summed E-state index contributed by atoms with van der Waals surface area (Å²) in [6.07, 6.45) is 9.48. The van der Waals surface area contributed by atoms with Crippen LogP contribution in [0, 0.1) is 3.57 Å². The van der Waals surface area contributed by atoms with Crippen LogP contribution in [0.1, 0.15) is 62.8 Å². The summed E-state index contributed by atoms with van der Waals surface area (Å²) < 4.78 is 13.1. The molecule has 0 radical (unpaired) electrons. The Morgan fingerprint density at radius 3 is 2.48 bits per heavy atom. The van der Waals surface area contributed by atoms with Gasteiger partial charge in [0.25, 0.3) is 5.91 Å². The molecule has 2 aliphatic heterocycles. The zero-order valence-corrected chi connectivity index (χ0v) is 19.2. The van der Waals surface area contributed by atoms with Crippen molar-refractivity contribution in [2.45, 2.75) is 63.6 Å². The Hall–Kier alpha value is -1.12. The van der Waals surface area contributed by atoms with Crippen molar-refractivity contribution in [3.05, 3.63) is 45.2 Å². The molecule has 1 aromatic rings. The summed E-state index contributed by atoms with van der Waals surface area (Å²) in [6.45, 7) is 2.29. The number of rotatable bonds is 7. The zero-order valence-electron chi connectivity index (χ0n) is 17.0. The summed E-state index contributed by atoms with van der Waals surface area (Å²) in [5.74, 6) is 0.510. The van der Waals surface area contributed by atoms with Crippen LogP contribution in [-0.4, -0.2) is 48.5 Å². The van der Waals surface area contributed by atoms with Crippen molar-refractivity contribution in [1.29, 1.82) is 0 Å². The Bertz CT molecular complexity index is 668. The maximum atomic E-state index is 13.2. The van der Waals surface area contributed by atoms with E-state index in [1.54, 1.807) is 0 Å². The number of aliphatic hydroxyl groups excluding tert-OH is 1. The highest BCUT2D eigenvalue weighted by Gasteiger charge is 2.31. The number of unbranched alkanes of at least 4 members (excludes halogenated alkanes) is 1. The standard InChI is InChI=1S/C23H32INO4/c24-20-10-8-18(9-11-20)19-16-21(29-22(17-19)28-15-7-6-14-26)23(27)25-12-4-2-1-3-5-13-25/h8-11,16,19,22,26H,1-7,12-15,17H2/t19-,22+/m0/s1. The molecule has 2 atom stereocenters. The molecule has 5 nitrogen and oxygen atoms in total. The van der Waals surface area contributed by atoms with Gasteiger partial charge in [0, 0.05) is 35.6 Å². The molecule has 29 heavy (non-hydrogen) atoms. The van der Waals surface area contributed by atoms with Gasteiger partial charge in [-0.1, -0.05) is 31.4 Å². The Labute approximate surface area is 187 Å². The van der Waals surface area contributed by atoms with Crippen molar-refractivity contribution in [2.75, 3.05) is 26.3 Å². The van der Waals surface area contributed by atoms with Crippen molar-refractivity contribution < 1.29 is 19.4 Å². The summed E-state index contributed by atoms with van der Waals surface area (Å²) in [6, 6.07) is 8.43. The number of hydrogen-bond donors (Lipinski definition) is 1. The number of benzene rings is 1. The minimum absolute atomic E-state index is 0.00827. The van der Waals surface area contributed by atoms with E-state index >= 15 is 0 Å². The zero-order chi connectivity index (χ0) is 20.5. The number of hydrogen-bond acceptors (Lipinski definition) is 4. The lowest BCUT2D eigenvalue weighted by molar-refractivity contribution is -0.153. The number of aliphatic hydroxyl groups is 1. The van der Waals surface area contributed by atoms with Crippen LogP contribution in [0.2, 0.25) is 0 Å². The summed E-state index contributed by atoms with van der Waals surface area (Å²) in [4.78, 5) is 15.2. The van der Waals surface area contributed by atoms with Gasteiger partial charge in [-0.2, -0.15) is 0 Å². The molecule has 1 fully saturated rings. The molecule has 160 valence electrons. The minimum Gasteiger partial charge on any atom is -0.459 e. The lowest BCUT2D eigenvalue weighted by atomic mass is 9.93. The second-order valence-corrected chi connectivity index (χ2v) is 9.08. The van der Waals surface area contributed by atoms with Crippen molar-refractivity contribution in [2.24, 2.45) is 0 Å². The predicted molar refractivity (Wildman–Crippen MR) is 121 cm³/mol. The van der Waals surface area contributed by atoms with Crippen LogP contribution in [0.3, 0.4) is 0 Å². The van der Waals surface area contributed by atoms with Gasteiger partial charge in [-0.15, -0.1) is 0 Å². The molecule has 0 saturated carbocycles. The van der Waals surface area contributed by atoms with Crippen LogP contribution < -0.4 is 0 Å². The van der Waals surface area contributed by atoms with E-state index in [9.17, 15) is 4.79 Å². The first kappa shape index (κ1) is 22.6. The number of carbonyl (C=O) groups is 1. The fourth-order valence-corrected chi connectivity index (χ4v) is 4.25. The van der Waals surface area contributed by atoms with Gasteiger partial charge in [0.1, 0.15) is 0 Å². The van der Waals surface area contributed by atoms with E-state index in [1.165, 1.54) is 28.4 Å². The van der Waals surface area contributed by atoms with Crippen LogP contribution >= 0.6 is 22.6 Å². The average molecular weight is 513 g/mol. The molecule has 0 unspecified atom stereocenters. The first-order valence-corrected chi connectivity index (χ1v) is 11.9. The molecule has 1 amide bonds. The highest BCUT2D eigenvalue weighted by Crippen LogP contribution is 2.32. The Kier molecular flexibility index (Phi) is 9.27. The third kappa shape index (κ3) is 6.96. The minimum atomic E-state index is -0.434. The molecule has 0 aromatic heterocycles. The van der Waals surface area contributed by atoms with Crippen LogP contribution in [0.15, 0.2) is 36.1 Å². The first-order chi connectivity index (χ1) is 14.2. The number of nitrogens with zero attached hydrogens (tertiary/aromatic N) is 1. The fraction of sp³-hybridized carbons (Fsp3) is 0.609. The number of allylic oxidation sites excluding steroid dienone is 1. The quantitative estimate of drug-likeness (QED) is 0.428. The molecule has 3 rings (SSSR count). The van der Waals surface area contributed by atoms with Crippen molar-refractivity contribution >= 4 is 28.5 Å². The molecule has 0 aliphatic carbocycles. The van der Waals surface area contributed by atoms with Gasteiger partial charge in [0.2, 0.25) is 6.29 Å². The monoisotopic (exact) mass is 513 g/mol. The van der Waals surface area contributed by atoms with E-state index in [1.807, 2.05) is 11.0 Å². The average Bonchev–Trinajstić information content (AvgIpc) is 2.71. The van der Waals surface area contributed by atoms with Crippen molar-refractivity contribution in [3.63, 3.8) is 0 Å². The molecule has 6 heteroatoms. The van der Waals surface area contributed by atoms with E-state index in [2.05, 4.69) is 46.9 Å². The Morgan fingerprint density at radius 1 is 1.10 bits per heavy atom. The van der Waals surface area contributed by atoms with Crippen molar-refractivity contribution in [1.82, 2.24) is 4.90 Å². The van der Waals surface area contributed by atoms with Gasteiger partial charge in [0.05, 0.1) is 6.61 Å². The summed E-state index contributed by atoms with van der Waals surface area (Å²) >= 11 is 2.30. The van der Waals surface area contributed by atoms with Gasteiger partial charge in [-0.25, -0.2) is 0 Å². The van der Waals surface area contributed by atoms with Crippen LogP contribution in [0.5, 0.6) is 0 Å². The van der Waals surface area contributed by atoms with Crippen LogP contribution in [0.25, 0.3) is 0 Å². The van der Waals surface area contributed by atoms with Gasteiger partial charge in [-0.05, 0) is 72.0 Å². The molecule has 1 saturated heterocycles. The number of ether oxygens (including phenoxy) is 2. The Balaban J connectivity index is 1.73. The van der Waals surface area contributed by atoms with E-state index in [0.717, 1.165) is 32.4 Å².